The van der Waals surface area contributed by atoms with Crippen molar-refractivity contribution in [1.82, 2.24) is 25.5 Å². The van der Waals surface area contributed by atoms with Crippen molar-refractivity contribution < 1.29 is 4.79 Å². The Bertz CT molecular complexity index is 868. The lowest BCUT2D eigenvalue weighted by Crippen LogP contribution is -2.37. The number of H-pyrrole nitrogens is 1. The summed E-state index contributed by atoms with van der Waals surface area (Å²) >= 11 is 1.54. The third-order valence-electron chi connectivity index (χ3n) is 5.73. The van der Waals surface area contributed by atoms with Gasteiger partial charge in [-0.05, 0) is 43.3 Å². The van der Waals surface area contributed by atoms with E-state index < -0.39 is 0 Å². The third-order valence-corrected chi connectivity index (χ3v) is 6.28. The molecule has 1 amide bonds. The Hall–Kier alpha value is -2.09. The molecular formula is C20H28N6OS. The Morgan fingerprint density at radius 1 is 1.32 bits per heavy atom. The molecule has 1 aliphatic carbocycles. The van der Waals surface area contributed by atoms with Gasteiger partial charge in [0.25, 0.3) is 0 Å². The van der Waals surface area contributed by atoms with Crippen molar-refractivity contribution in [2.75, 3.05) is 24.7 Å². The minimum atomic E-state index is 0.150. The molecule has 1 aliphatic heterocycles. The lowest BCUT2D eigenvalue weighted by molar-refractivity contribution is -0.122. The first-order valence-electron chi connectivity index (χ1n) is 9.94. The van der Waals surface area contributed by atoms with E-state index in [-0.39, 0.29) is 5.91 Å². The van der Waals surface area contributed by atoms with Crippen molar-refractivity contribution in [3.63, 3.8) is 0 Å². The van der Waals surface area contributed by atoms with E-state index in [1.807, 2.05) is 12.3 Å². The van der Waals surface area contributed by atoms with Gasteiger partial charge >= 0.3 is 0 Å². The highest BCUT2D eigenvalue weighted by Gasteiger charge is 2.29. The van der Waals surface area contributed by atoms with Gasteiger partial charge in [-0.25, -0.2) is 9.97 Å². The number of rotatable bonds is 5. The normalized spacial score (nSPS) is 21.1. The summed E-state index contributed by atoms with van der Waals surface area (Å²) in [7, 11) is 0. The van der Waals surface area contributed by atoms with Crippen LogP contribution in [0, 0.1) is 11.3 Å². The topological polar surface area (TPSA) is 95.6 Å². The van der Waals surface area contributed by atoms with E-state index >= 15 is 0 Å². The first-order valence-corrected chi connectivity index (χ1v) is 11.2. The minimum absolute atomic E-state index is 0.150. The van der Waals surface area contributed by atoms with E-state index in [4.69, 9.17) is 4.98 Å². The number of anilines is 1. The van der Waals surface area contributed by atoms with E-state index in [2.05, 4.69) is 39.7 Å². The molecule has 0 radical (unpaired) electrons. The van der Waals surface area contributed by atoms with Gasteiger partial charge in [0.2, 0.25) is 5.91 Å². The molecule has 0 spiro atoms. The fraction of sp³-hybridized carbons (Fsp3) is 0.600. The number of nitrogens with zero attached hydrogens (tertiary/aromatic N) is 3. The average Bonchev–Trinajstić information content (AvgIpc) is 3.09. The summed E-state index contributed by atoms with van der Waals surface area (Å²) in [6.45, 7) is 6.13. The molecule has 8 heteroatoms. The van der Waals surface area contributed by atoms with Crippen LogP contribution in [0.5, 0.6) is 0 Å². The summed E-state index contributed by atoms with van der Waals surface area (Å²) in [6, 6.07) is 2.00. The van der Waals surface area contributed by atoms with Gasteiger partial charge in [-0.2, -0.15) is 5.10 Å². The maximum Gasteiger partial charge on any atom is 0.220 e. The van der Waals surface area contributed by atoms with Crippen LogP contribution in [-0.4, -0.2) is 45.4 Å². The molecule has 1 fully saturated rings. The molecular weight excluding hydrogens is 372 g/mol. The smallest absolute Gasteiger partial charge is 0.220 e. The van der Waals surface area contributed by atoms with E-state index in [9.17, 15) is 4.79 Å². The number of nitrogens with one attached hydrogen (secondary N) is 3. The zero-order chi connectivity index (χ0) is 19.7. The second-order valence-electron chi connectivity index (χ2n) is 8.59. The first-order chi connectivity index (χ1) is 13.4. The molecule has 4 rings (SSSR count). The Morgan fingerprint density at radius 2 is 2.18 bits per heavy atom. The van der Waals surface area contributed by atoms with Crippen LogP contribution in [0.2, 0.25) is 0 Å². The molecule has 150 valence electrons. The van der Waals surface area contributed by atoms with Crippen LogP contribution in [0.3, 0.4) is 0 Å². The molecule has 0 aromatic carbocycles. The summed E-state index contributed by atoms with van der Waals surface area (Å²) in [5.74, 6) is 1.39. The van der Waals surface area contributed by atoms with Crippen molar-refractivity contribution in [1.29, 1.82) is 0 Å². The number of piperidine rings is 1. The van der Waals surface area contributed by atoms with Crippen LogP contribution in [0.1, 0.15) is 44.4 Å². The number of carbonyl (C=O) groups is 1. The largest absolute Gasteiger partial charge is 0.370 e. The molecule has 2 aromatic heterocycles. The molecule has 1 saturated heterocycles. The van der Waals surface area contributed by atoms with Crippen LogP contribution >= 0.6 is 11.8 Å². The molecule has 7 nitrogen and oxygen atoms in total. The summed E-state index contributed by atoms with van der Waals surface area (Å²) in [6.07, 6.45) is 6.71. The lowest BCUT2D eigenvalue weighted by atomic mass is 9.76. The van der Waals surface area contributed by atoms with Crippen molar-refractivity contribution in [2.24, 2.45) is 11.3 Å². The summed E-state index contributed by atoms with van der Waals surface area (Å²) < 4.78 is 0. The van der Waals surface area contributed by atoms with Gasteiger partial charge in [0.15, 0.2) is 5.16 Å². The molecule has 28 heavy (non-hydrogen) atoms. The number of hydrogen-bond donors (Lipinski definition) is 3. The lowest BCUT2D eigenvalue weighted by Gasteiger charge is -2.29. The SMILES string of the molecule is CSc1nc(NCC2CCC(=O)NC2)cc(-c2n[nH]c3c2CCC(C)(C)C3)n1. The Balaban J connectivity index is 1.54. The van der Waals surface area contributed by atoms with E-state index in [0.29, 0.717) is 17.8 Å². The zero-order valence-corrected chi connectivity index (χ0v) is 17.6. The van der Waals surface area contributed by atoms with Crippen LogP contribution in [0.4, 0.5) is 5.82 Å². The molecule has 3 N–H and O–H groups in total. The predicted octanol–water partition coefficient (Wildman–Crippen LogP) is 3.04. The summed E-state index contributed by atoms with van der Waals surface area (Å²) in [5.41, 5.74) is 4.68. The van der Waals surface area contributed by atoms with Gasteiger partial charge in [0.05, 0.1) is 5.69 Å². The number of fused-ring (bicyclic) bond motifs is 1. The monoisotopic (exact) mass is 400 g/mol. The zero-order valence-electron chi connectivity index (χ0n) is 16.8. The molecule has 1 unspecified atom stereocenters. The fourth-order valence-corrected chi connectivity index (χ4v) is 4.37. The molecule has 3 heterocycles. The Morgan fingerprint density at radius 3 is 2.93 bits per heavy atom. The van der Waals surface area contributed by atoms with E-state index in [0.717, 1.165) is 61.1 Å². The maximum absolute atomic E-state index is 11.3. The molecule has 0 saturated carbocycles. The quantitative estimate of drug-likeness (QED) is 0.527. The van der Waals surface area contributed by atoms with Crippen LogP contribution < -0.4 is 10.6 Å². The Labute approximate surface area is 169 Å². The first kappa shape index (κ1) is 19.2. The summed E-state index contributed by atoms with van der Waals surface area (Å²) in [4.78, 5) is 20.7. The molecule has 1 atom stereocenters. The van der Waals surface area contributed by atoms with Gasteiger partial charge in [0.1, 0.15) is 11.5 Å². The molecule has 2 aromatic rings. The second-order valence-corrected chi connectivity index (χ2v) is 9.36. The highest BCUT2D eigenvalue weighted by molar-refractivity contribution is 7.98. The van der Waals surface area contributed by atoms with Gasteiger partial charge in [-0.1, -0.05) is 25.6 Å². The average molecular weight is 401 g/mol. The molecule has 2 aliphatic rings. The third kappa shape index (κ3) is 4.16. The number of aromatic nitrogens is 4. The van der Waals surface area contributed by atoms with Crippen molar-refractivity contribution >= 4 is 23.5 Å². The number of thioether (sulfide) groups is 1. The van der Waals surface area contributed by atoms with Gasteiger partial charge in [-0.15, -0.1) is 0 Å². The van der Waals surface area contributed by atoms with Crippen LogP contribution in [-0.2, 0) is 17.6 Å². The van der Waals surface area contributed by atoms with Crippen LogP contribution in [0.15, 0.2) is 11.2 Å². The number of aromatic amines is 1. The number of carbonyl (C=O) groups excluding carboxylic acids is 1. The predicted molar refractivity (Wildman–Crippen MR) is 111 cm³/mol. The van der Waals surface area contributed by atoms with Gasteiger partial charge in [-0.3, -0.25) is 9.89 Å². The minimum Gasteiger partial charge on any atom is -0.370 e. The highest BCUT2D eigenvalue weighted by atomic mass is 32.2. The standard InChI is InChI=1S/C20H28N6OS/c1-20(2)7-6-13-15(9-20)25-26-18(13)14-8-16(24-19(23-14)28-3)21-10-12-4-5-17(27)22-11-12/h8,12H,4-7,9-11H2,1-3H3,(H,22,27)(H,25,26)(H,21,23,24). The van der Waals surface area contributed by atoms with Crippen molar-refractivity contribution in [2.45, 2.75) is 51.1 Å². The molecule has 0 bridgehead atoms. The number of hydrogen-bond acceptors (Lipinski definition) is 6. The van der Waals surface area contributed by atoms with Gasteiger partial charge < -0.3 is 10.6 Å². The van der Waals surface area contributed by atoms with Gasteiger partial charge in [0, 0.05) is 36.8 Å². The summed E-state index contributed by atoms with van der Waals surface area (Å²) in [5, 5.41) is 15.0. The van der Waals surface area contributed by atoms with Crippen LogP contribution in [0.25, 0.3) is 11.4 Å². The van der Waals surface area contributed by atoms with Crippen molar-refractivity contribution in [3.05, 3.63) is 17.3 Å². The highest BCUT2D eigenvalue weighted by Crippen LogP contribution is 2.37. The fourth-order valence-electron chi connectivity index (χ4n) is 3.99. The van der Waals surface area contributed by atoms with E-state index in [1.165, 1.54) is 23.0 Å². The Kier molecular flexibility index (Phi) is 5.31. The number of amides is 1. The van der Waals surface area contributed by atoms with E-state index in [1.54, 1.807) is 0 Å². The van der Waals surface area contributed by atoms with Crippen molar-refractivity contribution in [3.8, 4) is 11.4 Å². The maximum atomic E-state index is 11.3. The second kappa shape index (κ2) is 7.73.